The molecule has 2 heterocycles. The van der Waals surface area contributed by atoms with Gasteiger partial charge in [-0.15, -0.1) is 0 Å². The number of hydrogen-bond donors (Lipinski definition) is 2. The SMILES string of the molecule is CC(C)c1[nH]nc2ccc(-c3ccnc(NC4CCCC4)n3)cc12. The van der Waals surface area contributed by atoms with Gasteiger partial charge < -0.3 is 5.32 Å². The first-order valence-electron chi connectivity index (χ1n) is 8.78. The second kappa shape index (κ2) is 6.23. The molecule has 1 aliphatic rings. The Morgan fingerprint density at radius 3 is 2.79 bits per heavy atom. The Balaban J connectivity index is 1.67. The lowest BCUT2D eigenvalue weighted by Gasteiger charge is -2.12. The fourth-order valence-electron chi connectivity index (χ4n) is 3.47. The summed E-state index contributed by atoms with van der Waals surface area (Å²) in [5, 5.41) is 12.2. The molecule has 0 spiro atoms. The van der Waals surface area contributed by atoms with Crippen LogP contribution >= 0.6 is 0 Å². The highest BCUT2D eigenvalue weighted by Gasteiger charge is 2.16. The Labute approximate surface area is 141 Å². The van der Waals surface area contributed by atoms with Crippen LogP contribution in [0.4, 0.5) is 5.95 Å². The molecule has 2 aromatic heterocycles. The number of nitrogens with one attached hydrogen (secondary N) is 2. The molecule has 0 atom stereocenters. The van der Waals surface area contributed by atoms with Crippen molar-refractivity contribution in [2.45, 2.75) is 51.5 Å². The minimum absolute atomic E-state index is 0.412. The summed E-state index contributed by atoms with van der Waals surface area (Å²) in [6, 6.07) is 8.80. The molecular weight excluding hydrogens is 298 g/mol. The van der Waals surface area contributed by atoms with Crippen molar-refractivity contribution in [2.24, 2.45) is 0 Å². The van der Waals surface area contributed by atoms with E-state index in [2.05, 4.69) is 52.5 Å². The molecule has 1 aliphatic carbocycles. The molecule has 1 saturated carbocycles. The number of hydrogen-bond acceptors (Lipinski definition) is 4. The normalized spacial score (nSPS) is 15.5. The number of nitrogens with zero attached hydrogens (tertiary/aromatic N) is 3. The molecule has 24 heavy (non-hydrogen) atoms. The number of anilines is 1. The Kier molecular flexibility index (Phi) is 3.92. The van der Waals surface area contributed by atoms with E-state index in [0.717, 1.165) is 22.7 Å². The van der Waals surface area contributed by atoms with E-state index in [1.165, 1.54) is 36.8 Å². The third kappa shape index (κ3) is 2.86. The van der Waals surface area contributed by atoms with Crippen LogP contribution in [0.5, 0.6) is 0 Å². The topological polar surface area (TPSA) is 66.5 Å². The Hall–Kier alpha value is -2.43. The lowest BCUT2D eigenvalue weighted by molar-refractivity contribution is 0.744. The largest absolute Gasteiger partial charge is 0.351 e. The Morgan fingerprint density at radius 2 is 2.00 bits per heavy atom. The van der Waals surface area contributed by atoms with Gasteiger partial charge in [0.2, 0.25) is 5.95 Å². The van der Waals surface area contributed by atoms with Crippen LogP contribution in [-0.2, 0) is 0 Å². The molecule has 0 unspecified atom stereocenters. The van der Waals surface area contributed by atoms with E-state index < -0.39 is 0 Å². The highest BCUT2D eigenvalue weighted by Crippen LogP contribution is 2.28. The minimum Gasteiger partial charge on any atom is -0.351 e. The van der Waals surface area contributed by atoms with Gasteiger partial charge in [0.1, 0.15) is 0 Å². The molecule has 0 radical (unpaired) electrons. The third-order valence-electron chi connectivity index (χ3n) is 4.80. The number of aromatic nitrogens is 4. The minimum atomic E-state index is 0.412. The van der Waals surface area contributed by atoms with E-state index in [0.29, 0.717) is 12.0 Å². The second-order valence-electron chi connectivity index (χ2n) is 6.92. The van der Waals surface area contributed by atoms with Gasteiger partial charge in [0.15, 0.2) is 0 Å². The molecule has 1 aromatic carbocycles. The van der Waals surface area contributed by atoms with Gasteiger partial charge in [-0.25, -0.2) is 9.97 Å². The Morgan fingerprint density at radius 1 is 1.17 bits per heavy atom. The Bertz CT molecular complexity index is 846. The van der Waals surface area contributed by atoms with Gasteiger partial charge in [0, 0.05) is 28.9 Å². The zero-order valence-electron chi connectivity index (χ0n) is 14.2. The lowest BCUT2D eigenvalue weighted by Crippen LogP contribution is -2.16. The molecule has 0 bridgehead atoms. The molecule has 1 fully saturated rings. The third-order valence-corrected chi connectivity index (χ3v) is 4.80. The predicted octanol–water partition coefficient (Wildman–Crippen LogP) is 4.50. The van der Waals surface area contributed by atoms with Gasteiger partial charge in [0.25, 0.3) is 0 Å². The number of fused-ring (bicyclic) bond motifs is 1. The van der Waals surface area contributed by atoms with Crippen molar-refractivity contribution < 1.29 is 0 Å². The van der Waals surface area contributed by atoms with Crippen molar-refractivity contribution in [3.8, 4) is 11.3 Å². The van der Waals surface area contributed by atoms with Gasteiger partial charge in [-0.3, -0.25) is 5.10 Å². The first kappa shape index (κ1) is 15.1. The molecule has 124 valence electrons. The molecule has 0 saturated heterocycles. The predicted molar refractivity (Wildman–Crippen MR) is 97.1 cm³/mol. The summed E-state index contributed by atoms with van der Waals surface area (Å²) < 4.78 is 0. The summed E-state index contributed by atoms with van der Waals surface area (Å²) in [6.07, 6.45) is 6.86. The van der Waals surface area contributed by atoms with Crippen LogP contribution in [0.3, 0.4) is 0 Å². The average Bonchev–Trinajstić information content (AvgIpc) is 3.23. The summed E-state index contributed by atoms with van der Waals surface area (Å²) in [5.74, 6) is 1.14. The van der Waals surface area contributed by atoms with Crippen molar-refractivity contribution in [2.75, 3.05) is 5.32 Å². The summed E-state index contributed by atoms with van der Waals surface area (Å²) in [5.41, 5.74) is 4.22. The molecule has 0 aliphatic heterocycles. The highest BCUT2D eigenvalue weighted by molar-refractivity contribution is 5.86. The first-order chi connectivity index (χ1) is 11.7. The van der Waals surface area contributed by atoms with Crippen molar-refractivity contribution in [3.63, 3.8) is 0 Å². The monoisotopic (exact) mass is 321 g/mol. The van der Waals surface area contributed by atoms with Crippen molar-refractivity contribution in [1.82, 2.24) is 20.2 Å². The van der Waals surface area contributed by atoms with Crippen LogP contribution in [0.1, 0.15) is 51.1 Å². The van der Waals surface area contributed by atoms with Crippen LogP contribution in [0.2, 0.25) is 0 Å². The van der Waals surface area contributed by atoms with E-state index in [4.69, 9.17) is 4.98 Å². The van der Waals surface area contributed by atoms with Crippen molar-refractivity contribution in [1.29, 1.82) is 0 Å². The second-order valence-corrected chi connectivity index (χ2v) is 6.92. The van der Waals surface area contributed by atoms with Crippen LogP contribution in [-0.4, -0.2) is 26.2 Å². The van der Waals surface area contributed by atoms with Gasteiger partial charge >= 0.3 is 0 Å². The fourth-order valence-corrected chi connectivity index (χ4v) is 3.47. The maximum absolute atomic E-state index is 4.72. The number of benzene rings is 1. The van der Waals surface area contributed by atoms with Gasteiger partial charge in [-0.05, 0) is 37.0 Å². The quantitative estimate of drug-likeness (QED) is 0.742. The van der Waals surface area contributed by atoms with Crippen LogP contribution in [0, 0.1) is 0 Å². The average molecular weight is 321 g/mol. The lowest BCUT2D eigenvalue weighted by atomic mass is 10.0. The van der Waals surface area contributed by atoms with E-state index >= 15 is 0 Å². The van der Waals surface area contributed by atoms with E-state index in [9.17, 15) is 0 Å². The zero-order chi connectivity index (χ0) is 16.5. The van der Waals surface area contributed by atoms with E-state index in [1.807, 2.05) is 12.3 Å². The fraction of sp³-hybridized carbons (Fsp3) is 0.421. The number of H-pyrrole nitrogens is 1. The van der Waals surface area contributed by atoms with Gasteiger partial charge in [-0.1, -0.05) is 32.8 Å². The maximum atomic E-state index is 4.72. The van der Waals surface area contributed by atoms with Crippen LogP contribution < -0.4 is 5.32 Å². The molecule has 0 amide bonds. The standard InChI is InChI=1S/C19H23N5/c1-12(2)18-15-11-13(7-8-17(15)23-24-18)16-9-10-20-19(22-16)21-14-5-3-4-6-14/h7-12,14H,3-6H2,1-2H3,(H,23,24)(H,20,21,22). The molecule has 5 nitrogen and oxygen atoms in total. The van der Waals surface area contributed by atoms with Crippen LogP contribution in [0.15, 0.2) is 30.5 Å². The molecule has 5 heteroatoms. The zero-order valence-corrected chi connectivity index (χ0v) is 14.2. The smallest absolute Gasteiger partial charge is 0.223 e. The molecule has 4 rings (SSSR count). The molecule has 2 N–H and O–H groups in total. The summed E-state index contributed by atoms with van der Waals surface area (Å²) in [7, 11) is 0. The first-order valence-corrected chi connectivity index (χ1v) is 8.78. The van der Waals surface area contributed by atoms with Crippen LogP contribution in [0.25, 0.3) is 22.2 Å². The van der Waals surface area contributed by atoms with Crippen molar-refractivity contribution >= 4 is 16.9 Å². The van der Waals surface area contributed by atoms with E-state index in [-0.39, 0.29) is 0 Å². The van der Waals surface area contributed by atoms with Gasteiger partial charge in [-0.2, -0.15) is 5.10 Å². The maximum Gasteiger partial charge on any atom is 0.223 e. The van der Waals surface area contributed by atoms with Crippen molar-refractivity contribution in [3.05, 3.63) is 36.2 Å². The summed E-state index contributed by atoms with van der Waals surface area (Å²) in [4.78, 5) is 9.11. The highest BCUT2D eigenvalue weighted by atomic mass is 15.1. The summed E-state index contributed by atoms with van der Waals surface area (Å²) in [6.45, 7) is 4.35. The molecule has 3 aromatic rings. The van der Waals surface area contributed by atoms with Gasteiger partial charge in [0.05, 0.1) is 11.2 Å². The molecular formula is C19H23N5. The van der Waals surface area contributed by atoms with E-state index in [1.54, 1.807) is 0 Å². The number of rotatable bonds is 4. The summed E-state index contributed by atoms with van der Waals surface area (Å²) >= 11 is 0. The number of aromatic amines is 1.